The molecule has 4 rings (SSSR count). The van der Waals surface area contributed by atoms with E-state index in [1.807, 2.05) is 0 Å². The predicted molar refractivity (Wildman–Crippen MR) is 89.8 cm³/mol. The molecule has 1 saturated heterocycles. The second kappa shape index (κ2) is 6.61. The third kappa shape index (κ3) is 2.85. The Kier molecular flexibility index (Phi) is 4.00. The molecular weight excluding hydrogens is 330 g/mol. The van der Waals surface area contributed by atoms with Gasteiger partial charge in [0, 0.05) is 18.3 Å². The number of benzene rings is 1. The van der Waals surface area contributed by atoms with Crippen LogP contribution in [0.3, 0.4) is 0 Å². The van der Waals surface area contributed by atoms with Gasteiger partial charge in [0.25, 0.3) is 5.89 Å². The molecule has 1 aromatic carbocycles. The molecule has 2 aromatic heterocycles. The molecule has 1 unspecified atom stereocenters. The van der Waals surface area contributed by atoms with Gasteiger partial charge in [-0.25, -0.2) is 9.97 Å². The Morgan fingerprint density at radius 3 is 2.73 bits per heavy atom. The van der Waals surface area contributed by atoms with Gasteiger partial charge >= 0.3 is 0 Å². The molecule has 8 nitrogen and oxygen atoms in total. The van der Waals surface area contributed by atoms with Crippen LogP contribution in [0, 0.1) is 22.8 Å². The van der Waals surface area contributed by atoms with Crippen molar-refractivity contribution < 1.29 is 4.52 Å². The van der Waals surface area contributed by atoms with Crippen molar-refractivity contribution in [1.29, 1.82) is 10.5 Å². The highest BCUT2D eigenvalue weighted by Gasteiger charge is 2.29. The van der Waals surface area contributed by atoms with Crippen molar-refractivity contribution in [3.8, 4) is 35.2 Å². The van der Waals surface area contributed by atoms with Crippen molar-refractivity contribution in [2.24, 2.45) is 0 Å². The standard InChI is InChI=1S/C18H13N7O/c19-10-12-3-5-13(6-4-12)16-21-8-7-14(22-16)18-23-17(24-26-18)15-2-1-9-25(15)11-20/h3-8,15H,1-2,9H2. The minimum atomic E-state index is -0.141. The van der Waals surface area contributed by atoms with E-state index in [9.17, 15) is 5.26 Å². The Morgan fingerprint density at radius 2 is 1.96 bits per heavy atom. The van der Waals surface area contributed by atoms with E-state index in [-0.39, 0.29) is 6.04 Å². The fourth-order valence-electron chi connectivity index (χ4n) is 2.94. The Hall–Kier alpha value is -3.78. The average molecular weight is 343 g/mol. The number of nitrogens with zero attached hydrogens (tertiary/aromatic N) is 7. The van der Waals surface area contributed by atoms with Gasteiger partial charge < -0.3 is 4.52 Å². The van der Waals surface area contributed by atoms with Crippen LogP contribution in [0.15, 0.2) is 41.1 Å². The highest BCUT2D eigenvalue weighted by atomic mass is 16.5. The SMILES string of the molecule is N#Cc1ccc(-c2nccc(-c3nc(C4CCCN4C#N)no3)n2)cc1. The smallest absolute Gasteiger partial charge is 0.276 e. The van der Waals surface area contributed by atoms with E-state index in [0.29, 0.717) is 35.3 Å². The first-order valence-corrected chi connectivity index (χ1v) is 8.12. The quantitative estimate of drug-likeness (QED) is 0.666. The molecule has 1 aliphatic rings. The molecule has 0 amide bonds. The lowest BCUT2D eigenvalue weighted by molar-refractivity contribution is 0.339. The van der Waals surface area contributed by atoms with Crippen molar-refractivity contribution in [2.45, 2.75) is 18.9 Å². The van der Waals surface area contributed by atoms with E-state index < -0.39 is 0 Å². The number of rotatable bonds is 3. The molecular formula is C18H13N7O. The summed E-state index contributed by atoms with van der Waals surface area (Å²) in [6.07, 6.45) is 5.54. The van der Waals surface area contributed by atoms with Crippen molar-refractivity contribution in [1.82, 2.24) is 25.0 Å². The molecule has 1 fully saturated rings. The van der Waals surface area contributed by atoms with Gasteiger partial charge in [0.2, 0.25) is 0 Å². The zero-order valence-corrected chi connectivity index (χ0v) is 13.7. The maximum Gasteiger partial charge on any atom is 0.276 e. The summed E-state index contributed by atoms with van der Waals surface area (Å²) >= 11 is 0. The van der Waals surface area contributed by atoms with Crippen molar-refractivity contribution in [2.75, 3.05) is 6.54 Å². The third-order valence-electron chi connectivity index (χ3n) is 4.27. The molecule has 26 heavy (non-hydrogen) atoms. The number of hydrogen-bond acceptors (Lipinski definition) is 8. The maximum atomic E-state index is 9.17. The van der Waals surface area contributed by atoms with Crippen LogP contribution >= 0.6 is 0 Å². The number of nitriles is 2. The predicted octanol–water partition coefficient (Wildman–Crippen LogP) is 2.68. The Labute approximate surface area is 149 Å². The number of aromatic nitrogens is 4. The van der Waals surface area contributed by atoms with Crippen LogP contribution in [-0.2, 0) is 0 Å². The van der Waals surface area contributed by atoms with Gasteiger partial charge in [-0.05, 0) is 43.2 Å². The average Bonchev–Trinajstić information content (AvgIpc) is 3.37. The third-order valence-corrected chi connectivity index (χ3v) is 4.27. The van der Waals surface area contributed by atoms with Gasteiger partial charge in [0.15, 0.2) is 17.8 Å². The van der Waals surface area contributed by atoms with Crippen LogP contribution in [0.25, 0.3) is 23.0 Å². The van der Waals surface area contributed by atoms with Crippen molar-refractivity contribution in [3.63, 3.8) is 0 Å². The Bertz CT molecular complexity index is 1010. The fraction of sp³-hybridized carbons (Fsp3) is 0.222. The Morgan fingerprint density at radius 1 is 1.12 bits per heavy atom. The zero-order chi connectivity index (χ0) is 17.9. The van der Waals surface area contributed by atoms with Crippen LogP contribution in [0.5, 0.6) is 0 Å². The van der Waals surface area contributed by atoms with E-state index in [1.165, 1.54) is 0 Å². The van der Waals surface area contributed by atoms with Crippen molar-refractivity contribution >= 4 is 0 Å². The molecule has 0 radical (unpaired) electrons. The van der Waals surface area contributed by atoms with E-state index in [0.717, 1.165) is 18.4 Å². The van der Waals surface area contributed by atoms with Gasteiger partial charge in [-0.2, -0.15) is 15.5 Å². The van der Waals surface area contributed by atoms with Crippen LogP contribution in [-0.4, -0.2) is 31.6 Å². The second-order valence-corrected chi connectivity index (χ2v) is 5.86. The van der Waals surface area contributed by atoms with Gasteiger partial charge in [-0.15, -0.1) is 0 Å². The minimum Gasteiger partial charge on any atom is -0.332 e. The lowest BCUT2D eigenvalue weighted by Gasteiger charge is -2.13. The van der Waals surface area contributed by atoms with E-state index in [1.54, 1.807) is 41.4 Å². The monoisotopic (exact) mass is 343 g/mol. The van der Waals surface area contributed by atoms with Crippen LogP contribution in [0.2, 0.25) is 0 Å². The first kappa shape index (κ1) is 15.7. The van der Waals surface area contributed by atoms with E-state index >= 15 is 0 Å². The normalized spacial score (nSPS) is 16.2. The first-order chi connectivity index (χ1) is 12.8. The van der Waals surface area contributed by atoms with E-state index in [2.05, 4.69) is 32.4 Å². The summed E-state index contributed by atoms with van der Waals surface area (Å²) in [5.41, 5.74) is 1.88. The maximum absolute atomic E-state index is 9.17. The highest BCUT2D eigenvalue weighted by Crippen LogP contribution is 2.30. The van der Waals surface area contributed by atoms with Gasteiger partial charge in [-0.3, -0.25) is 4.90 Å². The molecule has 1 aliphatic heterocycles. The molecule has 0 N–H and O–H groups in total. The molecule has 0 saturated carbocycles. The minimum absolute atomic E-state index is 0.141. The lowest BCUT2D eigenvalue weighted by Crippen LogP contribution is -2.17. The van der Waals surface area contributed by atoms with Gasteiger partial charge in [0.05, 0.1) is 11.6 Å². The molecule has 3 aromatic rings. The topological polar surface area (TPSA) is 116 Å². The number of likely N-dealkylation sites (tertiary alicyclic amines) is 1. The summed E-state index contributed by atoms with van der Waals surface area (Å²) in [5, 5.41) is 22.1. The fourth-order valence-corrected chi connectivity index (χ4v) is 2.94. The van der Waals surface area contributed by atoms with Gasteiger partial charge in [0.1, 0.15) is 11.7 Å². The summed E-state index contributed by atoms with van der Waals surface area (Å²) in [6.45, 7) is 0.710. The summed E-state index contributed by atoms with van der Waals surface area (Å²) < 4.78 is 5.35. The molecule has 8 heteroatoms. The van der Waals surface area contributed by atoms with E-state index in [4.69, 9.17) is 9.78 Å². The zero-order valence-electron chi connectivity index (χ0n) is 13.7. The van der Waals surface area contributed by atoms with Crippen LogP contribution < -0.4 is 0 Å². The highest BCUT2D eigenvalue weighted by molar-refractivity contribution is 5.59. The summed E-state index contributed by atoms with van der Waals surface area (Å²) in [5.74, 6) is 1.30. The molecule has 0 aliphatic carbocycles. The molecule has 0 spiro atoms. The molecule has 3 heterocycles. The Balaban J connectivity index is 1.63. The number of hydrogen-bond donors (Lipinski definition) is 0. The lowest BCUT2D eigenvalue weighted by atomic mass is 10.1. The van der Waals surface area contributed by atoms with Gasteiger partial charge in [-0.1, -0.05) is 5.16 Å². The summed E-state index contributed by atoms with van der Waals surface area (Å²) in [4.78, 5) is 14.8. The largest absolute Gasteiger partial charge is 0.332 e. The van der Waals surface area contributed by atoms with Crippen LogP contribution in [0.4, 0.5) is 0 Å². The summed E-state index contributed by atoms with van der Waals surface area (Å²) in [7, 11) is 0. The summed E-state index contributed by atoms with van der Waals surface area (Å²) in [6, 6.07) is 10.6. The van der Waals surface area contributed by atoms with Crippen molar-refractivity contribution in [3.05, 3.63) is 47.9 Å². The second-order valence-electron chi connectivity index (χ2n) is 5.86. The molecule has 1 atom stereocenters. The molecule has 0 bridgehead atoms. The molecule has 126 valence electrons. The first-order valence-electron chi connectivity index (χ1n) is 8.12. The van der Waals surface area contributed by atoms with Crippen LogP contribution in [0.1, 0.15) is 30.3 Å².